The number of carbonyl (C=O) groups excluding carboxylic acids is 1. The Morgan fingerprint density at radius 1 is 1.36 bits per heavy atom. The van der Waals surface area contributed by atoms with E-state index in [4.69, 9.17) is 5.26 Å². The fourth-order valence-corrected chi connectivity index (χ4v) is 3.21. The number of rotatable bonds is 6. The van der Waals surface area contributed by atoms with Gasteiger partial charge in [0.15, 0.2) is 0 Å². The smallest absolute Gasteiger partial charge is 0.232 e. The first-order valence-electron chi connectivity index (χ1n) is 7.17. The molecule has 0 unspecified atom stereocenters. The number of benzene rings is 1. The maximum atomic E-state index is 11.9. The molecule has 1 aliphatic rings. The maximum absolute atomic E-state index is 11.9. The summed E-state index contributed by atoms with van der Waals surface area (Å²) < 4.78 is 25.1. The van der Waals surface area contributed by atoms with Gasteiger partial charge in [0.1, 0.15) is 0 Å². The van der Waals surface area contributed by atoms with Crippen LogP contribution in [0.15, 0.2) is 24.3 Å². The highest BCUT2D eigenvalue weighted by Gasteiger charge is 2.25. The van der Waals surface area contributed by atoms with Gasteiger partial charge in [0.2, 0.25) is 15.9 Å². The van der Waals surface area contributed by atoms with Crippen LogP contribution in [0.25, 0.3) is 0 Å². The summed E-state index contributed by atoms with van der Waals surface area (Å²) in [6, 6.07) is 8.31. The van der Waals surface area contributed by atoms with Gasteiger partial charge in [-0.1, -0.05) is 6.42 Å². The van der Waals surface area contributed by atoms with Crippen LogP contribution in [0.5, 0.6) is 0 Å². The molecule has 1 amide bonds. The number of hydrogen-bond acceptors (Lipinski definition) is 4. The summed E-state index contributed by atoms with van der Waals surface area (Å²) >= 11 is 0. The second kappa shape index (κ2) is 6.79. The highest BCUT2D eigenvalue weighted by atomic mass is 32.2. The Hall–Kier alpha value is -2.07. The number of carbonyl (C=O) groups is 1. The lowest BCUT2D eigenvalue weighted by Crippen LogP contribution is -2.41. The molecule has 7 heteroatoms. The quantitative estimate of drug-likeness (QED) is 0.853. The van der Waals surface area contributed by atoms with Crippen LogP contribution >= 0.6 is 0 Å². The third-order valence-corrected chi connectivity index (χ3v) is 4.97. The maximum Gasteiger partial charge on any atom is 0.232 e. The van der Waals surface area contributed by atoms with Crippen molar-refractivity contribution >= 4 is 21.6 Å². The molecule has 1 saturated carbocycles. The van der Waals surface area contributed by atoms with Crippen LogP contribution in [-0.2, 0) is 14.8 Å². The third kappa shape index (κ3) is 3.98. The Morgan fingerprint density at radius 3 is 2.45 bits per heavy atom. The molecular formula is C15H19N3O3S. The van der Waals surface area contributed by atoms with Crippen molar-refractivity contribution in [3.8, 4) is 6.07 Å². The van der Waals surface area contributed by atoms with Crippen LogP contribution in [-0.4, -0.2) is 33.7 Å². The van der Waals surface area contributed by atoms with Gasteiger partial charge in [-0.3, -0.25) is 9.10 Å². The molecule has 6 nitrogen and oxygen atoms in total. The Morgan fingerprint density at radius 2 is 2.00 bits per heavy atom. The SMILES string of the molecule is CS(=O)(=O)N(CCNC(=O)C1CCC1)c1ccc(C#N)cc1. The number of anilines is 1. The van der Waals surface area contributed by atoms with E-state index >= 15 is 0 Å². The number of hydrogen-bond donors (Lipinski definition) is 1. The van der Waals surface area contributed by atoms with E-state index in [0.29, 0.717) is 11.3 Å². The molecule has 0 spiro atoms. The zero-order valence-electron chi connectivity index (χ0n) is 12.4. The van der Waals surface area contributed by atoms with E-state index in [1.165, 1.54) is 4.31 Å². The van der Waals surface area contributed by atoms with Crippen LogP contribution in [0, 0.1) is 17.2 Å². The van der Waals surface area contributed by atoms with Gasteiger partial charge in [0.25, 0.3) is 0 Å². The summed E-state index contributed by atoms with van der Waals surface area (Å²) in [5.74, 6) is 0.0844. The average molecular weight is 321 g/mol. The Kier molecular flexibility index (Phi) is 5.03. The van der Waals surface area contributed by atoms with E-state index in [2.05, 4.69) is 5.32 Å². The summed E-state index contributed by atoms with van der Waals surface area (Å²) in [5, 5.41) is 11.6. The predicted molar refractivity (Wildman–Crippen MR) is 83.7 cm³/mol. The van der Waals surface area contributed by atoms with Gasteiger partial charge in [0.05, 0.1) is 30.1 Å². The molecule has 1 aromatic rings. The van der Waals surface area contributed by atoms with E-state index < -0.39 is 10.0 Å². The van der Waals surface area contributed by atoms with Gasteiger partial charge in [-0.15, -0.1) is 0 Å². The van der Waals surface area contributed by atoms with Crippen LogP contribution in [0.2, 0.25) is 0 Å². The molecule has 0 saturated heterocycles. The Labute approximate surface area is 130 Å². The number of nitrogens with zero attached hydrogens (tertiary/aromatic N) is 2. The molecule has 1 aromatic carbocycles. The van der Waals surface area contributed by atoms with Gasteiger partial charge in [-0.25, -0.2) is 8.42 Å². The fraction of sp³-hybridized carbons (Fsp3) is 0.467. The van der Waals surface area contributed by atoms with Crippen molar-refractivity contribution in [2.75, 3.05) is 23.7 Å². The molecule has 0 radical (unpaired) electrons. The van der Waals surface area contributed by atoms with Crippen molar-refractivity contribution in [1.82, 2.24) is 5.32 Å². The summed E-state index contributed by atoms with van der Waals surface area (Å²) in [7, 11) is -3.45. The summed E-state index contributed by atoms with van der Waals surface area (Å²) in [4.78, 5) is 11.8. The first-order valence-corrected chi connectivity index (χ1v) is 9.02. The topological polar surface area (TPSA) is 90.3 Å². The third-order valence-electron chi connectivity index (χ3n) is 3.77. The first-order chi connectivity index (χ1) is 10.4. The molecular weight excluding hydrogens is 302 g/mol. The monoisotopic (exact) mass is 321 g/mol. The van der Waals surface area contributed by atoms with Crippen LogP contribution in [0.3, 0.4) is 0 Å². The van der Waals surface area contributed by atoms with Crippen molar-refractivity contribution in [2.24, 2.45) is 5.92 Å². The van der Waals surface area contributed by atoms with E-state index in [1.807, 2.05) is 6.07 Å². The van der Waals surface area contributed by atoms with E-state index in [1.54, 1.807) is 24.3 Å². The van der Waals surface area contributed by atoms with Crippen molar-refractivity contribution in [2.45, 2.75) is 19.3 Å². The van der Waals surface area contributed by atoms with Crippen molar-refractivity contribution in [3.63, 3.8) is 0 Å². The van der Waals surface area contributed by atoms with Gasteiger partial charge in [-0.05, 0) is 37.1 Å². The number of sulfonamides is 1. The second-order valence-electron chi connectivity index (χ2n) is 5.41. The Bertz CT molecular complexity index is 673. The largest absolute Gasteiger partial charge is 0.354 e. The lowest BCUT2D eigenvalue weighted by molar-refractivity contribution is -0.127. The van der Waals surface area contributed by atoms with Crippen LogP contribution in [0.4, 0.5) is 5.69 Å². The highest BCUT2D eigenvalue weighted by molar-refractivity contribution is 7.92. The molecule has 22 heavy (non-hydrogen) atoms. The molecule has 1 N–H and O–H groups in total. The normalized spacial score (nSPS) is 14.7. The van der Waals surface area contributed by atoms with Crippen molar-refractivity contribution in [3.05, 3.63) is 29.8 Å². The lowest BCUT2D eigenvalue weighted by atomic mass is 9.85. The second-order valence-corrected chi connectivity index (χ2v) is 7.32. The van der Waals surface area contributed by atoms with Gasteiger partial charge < -0.3 is 5.32 Å². The minimum atomic E-state index is -3.45. The number of amides is 1. The summed E-state index contributed by atoms with van der Waals surface area (Å²) in [5.41, 5.74) is 0.954. The van der Waals surface area contributed by atoms with Gasteiger partial charge in [0, 0.05) is 12.5 Å². The number of nitrogens with one attached hydrogen (secondary N) is 1. The van der Waals surface area contributed by atoms with Gasteiger partial charge >= 0.3 is 0 Å². The fourth-order valence-electron chi connectivity index (χ4n) is 2.28. The summed E-state index contributed by atoms with van der Waals surface area (Å²) in [6.45, 7) is 0.436. The molecule has 2 rings (SSSR count). The van der Waals surface area contributed by atoms with Crippen molar-refractivity contribution < 1.29 is 13.2 Å². The van der Waals surface area contributed by atoms with Crippen LogP contribution < -0.4 is 9.62 Å². The molecule has 0 aromatic heterocycles. The zero-order valence-corrected chi connectivity index (χ0v) is 13.3. The van der Waals surface area contributed by atoms with E-state index in [0.717, 1.165) is 25.5 Å². The zero-order chi connectivity index (χ0) is 16.2. The van der Waals surface area contributed by atoms with Crippen LogP contribution in [0.1, 0.15) is 24.8 Å². The molecule has 1 fully saturated rings. The number of nitriles is 1. The standard InChI is InChI=1S/C15H19N3O3S/c1-22(20,21)18(14-7-5-12(11-16)6-8-14)10-9-17-15(19)13-3-2-4-13/h5-8,13H,2-4,9-10H2,1H3,(H,17,19). The molecule has 0 bridgehead atoms. The molecule has 0 heterocycles. The van der Waals surface area contributed by atoms with Gasteiger partial charge in [-0.2, -0.15) is 5.26 Å². The summed E-state index contributed by atoms with van der Waals surface area (Å²) in [6.07, 6.45) is 4.03. The first kappa shape index (κ1) is 16.3. The average Bonchev–Trinajstić information content (AvgIpc) is 2.40. The molecule has 118 valence electrons. The predicted octanol–water partition coefficient (Wildman–Crippen LogP) is 1.24. The molecule has 1 aliphatic carbocycles. The Balaban J connectivity index is 2.00. The van der Waals surface area contributed by atoms with Crippen molar-refractivity contribution in [1.29, 1.82) is 5.26 Å². The molecule has 0 aliphatic heterocycles. The van der Waals surface area contributed by atoms with E-state index in [-0.39, 0.29) is 24.9 Å². The lowest BCUT2D eigenvalue weighted by Gasteiger charge is -2.26. The van der Waals surface area contributed by atoms with E-state index in [9.17, 15) is 13.2 Å². The highest BCUT2D eigenvalue weighted by Crippen LogP contribution is 2.26. The minimum Gasteiger partial charge on any atom is -0.354 e. The molecule has 0 atom stereocenters. The minimum absolute atomic E-state index is 0.000436.